The molecule has 94 valence electrons. The predicted octanol–water partition coefficient (Wildman–Crippen LogP) is 1.87. The van der Waals surface area contributed by atoms with E-state index in [1.807, 2.05) is 6.92 Å². The quantitative estimate of drug-likeness (QED) is 0.657. The fraction of sp³-hybridized carbons (Fsp3) is 0.250. The van der Waals surface area contributed by atoms with E-state index in [-0.39, 0.29) is 11.8 Å². The number of pyridine rings is 1. The summed E-state index contributed by atoms with van der Waals surface area (Å²) in [5.74, 6) is 0.557. The van der Waals surface area contributed by atoms with Gasteiger partial charge in [-0.05, 0) is 25.1 Å². The van der Waals surface area contributed by atoms with Gasteiger partial charge in [0.05, 0.1) is 4.92 Å². The van der Waals surface area contributed by atoms with Crippen molar-refractivity contribution < 1.29 is 9.66 Å². The summed E-state index contributed by atoms with van der Waals surface area (Å²) in [7, 11) is 0. The number of nitrogens with zero attached hydrogens (tertiary/aromatic N) is 2. The van der Waals surface area contributed by atoms with Crippen molar-refractivity contribution in [3.05, 3.63) is 40.6 Å². The summed E-state index contributed by atoms with van der Waals surface area (Å²) >= 11 is 0. The van der Waals surface area contributed by atoms with E-state index in [0.29, 0.717) is 23.2 Å². The number of nitro benzene ring substituents is 1. The van der Waals surface area contributed by atoms with Crippen LogP contribution in [0.15, 0.2) is 30.5 Å². The highest BCUT2D eigenvalue weighted by Gasteiger charge is 2.16. The molecule has 0 bridgehead atoms. The lowest BCUT2D eigenvalue weighted by Gasteiger charge is -2.14. The van der Waals surface area contributed by atoms with Crippen LogP contribution in [-0.4, -0.2) is 22.6 Å². The van der Waals surface area contributed by atoms with E-state index in [1.54, 1.807) is 18.2 Å². The Morgan fingerprint density at radius 1 is 1.50 bits per heavy atom. The third kappa shape index (κ3) is 2.23. The largest absolute Gasteiger partial charge is 0.489 e. The Labute approximate surface area is 104 Å². The number of non-ortho nitro benzene ring substituents is 1. The zero-order valence-electron chi connectivity index (χ0n) is 9.87. The van der Waals surface area contributed by atoms with E-state index in [2.05, 4.69) is 4.98 Å². The minimum Gasteiger partial charge on any atom is -0.489 e. The van der Waals surface area contributed by atoms with Crippen molar-refractivity contribution in [1.82, 2.24) is 4.98 Å². The average molecular weight is 247 g/mol. The average Bonchev–Trinajstić information content (AvgIpc) is 2.38. The van der Waals surface area contributed by atoms with E-state index in [0.717, 1.165) is 0 Å². The third-order valence-corrected chi connectivity index (χ3v) is 2.57. The molecule has 1 unspecified atom stereocenters. The fourth-order valence-corrected chi connectivity index (χ4v) is 1.65. The van der Waals surface area contributed by atoms with Crippen LogP contribution in [0.2, 0.25) is 0 Å². The Morgan fingerprint density at radius 2 is 2.28 bits per heavy atom. The van der Waals surface area contributed by atoms with Crippen LogP contribution in [0.1, 0.15) is 6.92 Å². The number of ether oxygens (including phenoxy) is 1. The highest BCUT2D eigenvalue weighted by Crippen LogP contribution is 2.31. The van der Waals surface area contributed by atoms with Gasteiger partial charge in [-0.25, -0.2) is 4.98 Å². The van der Waals surface area contributed by atoms with Gasteiger partial charge in [0.2, 0.25) is 0 Å². The van der Waals surface area contributed by atoms with Gasteiger partial charge in [0.15, 0.2) is 5.52 Å². The molecular weight excluding hydrogens is 234 g/mol. The maximum Gasteiger partial charge on any atom is 0.295 e. The van der Waals surface area contributed by atoms with E-state index >= 15 is 0 Å². The molecule has 6 nitrogen and oxygen atoms in total. The SMILES string of the molecule is CC(CN)Oc1ccc([N+](=O)[O-])c2ncccc12. The van der Waals surface area contributed by atoms with Gasteiger partial charge in [0.25, 0.3) is 5.69 Å². The van der Waals surface area contributed by atoms with Gasteiger partial charge >= 0.3 is 0 Å². The zero-order valence-corrected chi connectivity index (χ0v) is 9.87. The molecule has 0 fully saturated rings. The van der Waals surface area contributed by atoms with Crippen molar-refractivity contribution >= 4 is 16.6 Å². The molecule has 2 rings (SSSR count). The summed E-state index contributed by atoms with van der Waals surface area (Å²) in [5, 5.41) is 11.5. The van der Waals surface area contributed by atoms with Crippen molar-refractivity contribution in [2.45, 2.75) is 13.0 Å². The number of rotatable bonds is 4. The number of nitro groups is 1. The summed E-state index contributed by atoms with van der Waals surface area (Å²) < 4.78 is 5.62. The van der Waals surface area contributed by atoms with Crippen LogP contribution in [-0.2, 0) is 0 Å². The lowest BCUT2D eigenvalue weighted by atomic mass is 10.1. The molecule has 2 aromatic rings. The Morgan fingerprint density at radius 3 is 2.94 bits per heavy atom. The first-order chi connectivity index (χ1) is 8.63. The van der Waals surface area contributed by atoms with Crippen molar-refractivity contribution in [2.24, 2.45) is 5.73 Å². The molecule has 0 saturated heterocycles. The standard InChI is InChI=1S/C12H13N3O3/c1-8(7-13)18-11-5-4-10(15(16)17)12-9(11)3-2-6-14-12/h2-6,8H,7,13H2,1H3. The zero-order chi connectivity index (χ0) is 13.1. The second-order valence-electron chi connectivity index (χ2n) is 3.90. The molecule has 1 aromatic heterocycles. The highest BCUT2D eigenvalue weighted by molar-refractivity contribution is 5.91. The second kappa shape index (κ2) is 4.97. The Hall–Kier alpha value is -2.21. The summed E-state index contributed by atoms with van der Waals surface area (Å²) in [6.45, 7) is 2.21. The highest BCUT2D eigenvalue weighted by atomic mass is 16.6. The third-order valence-electron chi connectivity index (χ3n) is 2.57. The molecule has 1 heterocycles. The predicted molar refractivity (Wildman–Crippen MR) is 67.5 cm³/mol. The van der Waals surface area contributed by atoms with Gasteiger partial charge in [0, 0.05) is 24.2 Å². The topological polar surface area (TPSA) is 91.3 Å². The summed E-state index contributed by atoms with van der Waals surface area (Å²) in [6, 6.07) is 6.43. The Balaban J connectivity index is 2.57. The minimum atomic E-state index is -0.453. The molecule has 0 saturated carbocycles. The summed E-state index contributed by atoms with van der Waals surface area (Å²) in [5.41, 5.74) is 5.79. The van der Waals surface area contributed by atoms with Crippen molar-refractivity contribution in [3.63, 3.8) is 0 Å². The number of benzene rings is 1. The van der Waals surface area contributed by atoms with Gasteiger partial charge in [-0.3, -0.25) is 10.1 Å². The molecule has 0 aliphatic rings. The van der Waals surface area contributed by atoms with E-state index in [1.165, 1.54) is 12.3 Å². The molecule has 2 N–H and O–H groups in total. The molecule has 0 radical (unpaired) electrons. The van der Waals surface area contributed by atoms with Gasteiger partial charge in [-0.1, -0.05) is 0 Å². The molecular formula is C12H13N3O3. The first kappa shape index (κ1) is 12.3. The van der Waals surface area contributed by atoms with Gasteiger partial charge < -0.3 is 10.5 Å². The molecule has 1 atom stereocenters. The maximum atomic E-state index is 10.9. The molecule has 0 aliphatic heterocycles. The molecule has 0 spiro atoms. The van der Waals surface area contributed by atoms with Crippen molar-refractivity contribution in [3.8, 4) is 5.75 Å². The number of fused-ring (bicyclic) bond motifs is 1. The molecule has 18 heavy (non-hydrogen) atoms. The summed E-state index contributed by atoms with van der Waals surface area (Å²) in [4.78, 5) is 14.5. The smallest absolute Gasteiger partial charge is 0.295 e. The van der Waals surface area contributed by atoms with Crippen LogP contribution < -0.4 is 10.5 Å². The van der Waals surface area contributed by atoms with Crippen LogP contribution in [0.3, 0.4) is 0 Å². The van der Waals surface area contributed by atoms with Crippen LogP contribution in [0.5, 0.6) is 5.75 Å². The first-order valence-corrected chi connectivity index (χ1v) is 5.52. The maximum absolute atomic E-state index is 10.9. The molecule has 0 amide bonds. The number of nitrogens with two attached hydrogens (primary N) is 1. The molecule has 1 aromatic carbocycles. The van der Waals surface area contributed by atoms with Gasteiger partial charge in [-0.2, -0.15) is 0 Å². The fourth-order valence-electron chi connectivity index (χ4n) is 1.65. The number of hydrogen-bond donors (Lipinski definition) is 1. The Bertz CT molecular complexity index is 586. The van der Waals surface area contributed by atoms with E-state index in [4.69, 9.17) is 10.5 Å². The van der Waals surface area contributed by atoms with Crippen molar-refractivity contribution in [1.29, 1.82) is 0 Å². The Kier molecular flexibility index (Phi) is 3.38. The number of hydrogen-bond acceptors (Lipinski definition) is 5. The monoisotopic (exact) mass is 247 g/mol. The van der Waals surface area contributed by atoms with Gasteiger partial charge in [-0.15, -0.1) is 0 Å². The number of aromatic nitrogens is 1. The van der Waals surface area contributed by atoms with E-state index < -0.39 is 4.92 Å². The van der Waals surface area contributed by atoms with Crippen molar-refractivity contribution in [2.75, 3.05) is 6.54 Å². The van der Waals surface area contributed by atoms with Crippen LogP contribution in [0, 0.1) is 10.1 Å². The van der Waals surface area contributed by atoms with E-state index in [9.17, 15) is 10.1 Å². The lowest BCUT2D eigenvalue weighted by Crippen LogP contribution is -2.22. The normalized spacial score (nSPS) is 12.3. The summed E-state index contributed by atoms with van der Waals surface area (Å²) in [6.07, 6.45) is 1.36. The first-order valence-electron chi connectivity index (χ1n) is 5.52. The van der Waals surface area contributed by atoms with Crippen LogP contribution in [0.4, 0.5) is 5.69 Å². The second-order valence-corrected chi connectivity index (χ2v) is 3.90. The molecule has 0 aliphatic carbocycles. The molecule has 6 heteroatoms. The van der Waals surface area contributed by atoms with Crippen LogP contribution >= 0.6 is 0 Å². The van der Waals surface area contributed by atoms with Crippen LogP contribution in [0.25, 0.3) is 10.9 Å². The lowest BCUT2D eigenvalue weighted by molar-refractivity contribution is -0.383. The minimum absolute atomic E-state index is 0.0293. The van der Waals surface area contributed by atoms with Gasteiger partial charge in [0.1, 0.15) is 11.9 Å².